The Morgan fingerprint density at radius 1 is 1.09 bits per heavy atom. The van der Waals surface area contributed by atoms with Crippen molar-refractivity contribution >= 4 is 27.3 Å². The lowest BCUT2D eigenvalue weighted by molar-refractivity contribution is 0.297. The van der Waals surface area contributed by atoms with Crippen molar-refractivity contribution in [1.82, 2.24) is 9.55 Å². The topological polar surface area (TPSA) is 64.4 Å². The molecule has 35 heavy (non-hydrogen) atoms. The third kappa shape index (κ3) is 5.83. The molecule has 4 rings (SSSR count). The minimum Gasteiger partial charge on any atom is -0.493 e. The summed E-state index contributed by atoms with van der Waals surface area (Å²) in [6.45, 7) is 2.94. The Balaban J connectivity index is 1.66. The van der Waals surface area contributed by atoms with Crippen molar-refractivity contribution in [2.75, 3.05) is 10.9 Å². The number of nitrogens with zero attached hydrogens (tertiary/aromatic N) is 3. The Morgan fingerprint density at radius 3 is 2.57 bits per heavy atom. The van der Waals surface area contributed by atoms with Gasteiger partial charge in [0.15, 0.2) is 0 Å². The zero-order valence-electron chi connectivity index (χ0n) is 19.1. The van der Waals surface area contributed by atoms with Crippen LogP contribution in [-0.2, 0) is 16.6 Å². The lowest BCUT2D eigenvalue weighted by atomic mass is 10.1. The quantitative estimate of drug-likeness (QED) is 0.240. The Morgan fingerprint density at radius 2 is 1.86 bits per heavy atom. The molecule has 0 aliphatic carbocycles. The lowest BCUT2D eigenvalue weighted by Crippen LogP contribution is -2.34. The summed E-state index contributed by atoms with van der Waals surface area (Å²) >= 11 is 5.97. The van der Waals surface area contributed by atoms with E-state index in [1.54, 1.807) is 25.5 Å². The van der Waals surface area contributed by atoms with Crippen molar-refractivity contribution in [2.24, 2.45) is 0 Å². The van der Waals surface area contributed by atoms with Crippen LogP contribution in [0.2, 0.25) is 5.02 Å². The second kappa shape index (κ2) is 10.9. The standard InChI is InChI=1S/C26H25ClFN3O3S/c1-20(25-8-2-3-9-26(25)34-17-5-15-30-16-14-29-19-30)31(23-7-4-6-22(28)18-23)35(32,33)24-12-10-21(27)11-13-24/h2-4,6-14,16,18-20H,5,15,17H2,1H3/t20-/m1/s1. The van der Waals surface area contributed by atoms with Crippen molar-refractivity contribution in [3.8, 4) is 5.75 Å². The van der Waals surface area contributed by atoms with Crippen molar-refractivity contribution in [1.29, 1.82) is 0 Å². The van der Waals surface area contributed by atoms with Gasteiger partial charge in [-0.25, -0.2) is 17.8 Å². The Hall–Kier alpha value is -3.36. The van der Waals surface area contributed by atoms with Crippen LogP contribution < -0.4 is 9.04 Å². The van der Waals surface area contributed by atoms with Crippen molar-refractivity contribution in [2.45, 2.75) is 30.8 Å². The Bertz CT molecular complexity index is 1360. The molecule has 0 bridgehead atoms. The van der Waals surface area contributed by atoms with E-state index in [2.05, 4.69) is 4.98 Å². The number of imidazole rings is 1. The van der Waals surface area contributed by atoms with E-state index in [0.29, 0.717) is 22.9 Å². The van der Waals surface area contributed by atoms with Gasteiger partial charge in [-0.3, -0.25) is 4.31 Å². The van der Waals surface area contributed by atoms with Gasteiger partial charge in [0.25, 0.3) is 10.0 Å². The van der Waals surface area contributed by atoms with Crippen LogP contribution in [-0.4, -0.2) is 24.6 Å². The first-order valence-corrected chi connectivity index (χ1v) is 12.9. The molecule has 4 aromatic rings. The minimum atomic E-state index is -4.06. The average molecular weight is 514 g/mol. The summed E-state index contributed by atoms with van der Waals surface area (Å²) in [7, 11) is -4.06. The van der Waals surface area contributed by atoms with E-state index in [0.717, 1.165) is 13.0 Å². The highest BCUT2D eigenvalue weighted by Gasteiger charge is 2.32. The number of aryl methyl sites for hydroxylation is 1. The first kappa shape index (κ1) is 24.8. The van der Waals surface area contributed by atoms with Crippen LogP contribution in [0.3, 0.4) is 0 Å². The summed E-state index contributed by atoms with van der Waals surface area (Å²) in [5, 5.41) is 0.420. The van der Waals surface area contributed by atoms with Gasteiger partial charge in [0.05, 0.1) is 29.6 Å². The molecule has 0 fully saturated rings. The van der Waals surface area contributed by atoms with Gasteiger partial charge in [0.2, 0.25) is 0 Å². The van der Waals surface area contributed by atoms with E-state index in [1.165, 1.54) is 46.8 Å². The number of hydrogen-bond acceptors (Lipinski definition) is 4. The van der Waals surface area contributed by atoms with Crippen molar-refractivity contribution < 1.29 is 17.5 Å². The predicted octanol–water partition coefficient (Wildman–Crippen LogP) is 6.10. The SMILES string of the molecule is C[C@H](c1ccccc1OCCCn1ccnc1)N(c1cccc(F)c1)S(=O)(=O)c1ccc(Cl)cc1. The molecule has 0 saturated heterocycles. The largest absolute Gasteiger partial charge is 0.493 e. The van der Waals surface area contributed by atoms with Gasteiger partial charge in [0.1, 0.15) is 11.6 Å². The molecule has 6 nitrogen and oxygen atoms in total. The van der Waals surface area contributed by atoms with Crippen LogP contribution in [0.5, 0.6) is 5.75 Å². The number of aromatic nitrogens is 2. The molecule has 182 valence electrons. The van der Waals surface area contributed by atoms with Crippen LogP contribution in [0.15, 0.2) is 96.4 Å². The number of halogens is 2. The molecule has 0 aliphatic heterocycles. The first-order valence-electron chi connectivity index (χ1n) is 11.1. The zero-order chi connectivity index (χ0) is 24.8. The van der Waals surface area contributed by atoms with Crippen LogP contribution in [0.4, 0.5) is 10.1 Å². The maximum Gasteiger partial charge on any atom is 0.264 e. The summed E-state index contributed by atoms with van der Waals surface area (Å²) in [6.07, 6.45) is 6.10. The van der Waals surface area contributed by atoms with E-state index < -0.39 is 21.9 Å². The number of hydrogen-bond donors (Lipinski definition) is 0. The molecular formula is C26H25ClFN3O3S. The number of anilines is 1. The first-order chi connectivity index (χ1) is 16.9. The second-order valence-electron chi connectivity index (χ2n) is 7.95. The second-order valence-corrected chi connectivity index (χ2v) is 10.2. The van der Waals surface area contributed by atoms with Crippen LogP contribution in [0.1, 0.15) is 24.9 Å². The van der Waals surface area contributed by atoms with Gasteiger partial charge in [0, 0.05) is 29.5 Å². The van der Waals surface area contributed by atoms with E-state index >= 15 is 0 Å². The van der Waals surface area contributed by atoms with Gasteiger partial charge in [-0.2, -0.15) is 0 Å². The number of sulfonamides is 1. The monoisotopic (exact) mass is 513 g/mol. The fourth-order valence-electron chi connectivity index (χ4n) is 3.84. The van der Waals surface area contributed by atoms with Gasteiger partial charge < -0.3 is 9.30 Å². The summed E-state index contributed by atoms with van der Waals surface area (Å²) in [4.78, 5) is 4.08. The molecule has 0 amide bonds. The molecule has 0 unspecified atom stereocenters. The smallest absolute Gasteiger partial charge is 0.264 e. The van der Waals surface area contributed by atoms with Crippen LogP contribution in [0, 0.1) is 5.82 Å². The summed E-state index contributed by atoms with van der Waals surface area (Å²) in [6, 6.07) is 18.0. The van der Waals surface area contributed by atoms with Gasteiger partial charge in [-0.15, -0.1) is 0 Å². The molecule has 1 atom stereocenters. The summed E-state index contributed by atoms with van der Waals surface area (Å²) in [5.41, 5.74) is 0.874. The maximum absolute atomic E-state index is 14.2. The van der Waals surface area contributed by atoms with Crippen molar-refractivity contribution in [3.05, 3.63) is 108 Å². The Labute approximate surface area is 209 Å². The highest BCUT2D eigenvalue weighted by atomic mass is 35.5. The molecule has 0 aliphatic rings. The van der Waals surface area contributed by atoms with Gasteiger partial charge >= 0.3 is 0 Å². The van der Waals surface area contributed by atoms with Crippen molar-refractivity contribution in [3.63, 3.8) is 0 Å². The number of para-hydroxylation sites is 1. The number of benzene rings is 3. The third-order valence-corrected chi connectivity index (χ3v) is 7.70. The molecule has 3 aromatic carbocycles. The van der Waals surface area contributed by atoms with E-state index in [1.807, 2.05) is 35.0 Å². The summed E-state index contributed by atoms with van der Waals surface area (Å²) < 4.78 is 51.0. The van der Waals surface area contributed by atoms with E-state index in [-0.39, 0.29) is 10.6 Å². The highest BCUT2D eigenvalue weighted by Crippen LogP contribution is 2.37. The molecule has 0 N–H and O–H groups in total. The molecule has 9 heteroatoms. The lowest BCUT2D eigenvalue weighted by Gasteiger charge is -2.32. The number of ether oxygens (including phenoxy) is 1. The molecule has 1 heterocycles. The maximum atomic E-state index is 14.2. The molecule has 0 radical (unpaired) electrons. The normalized spacial score (nSPS) is 12.3. The van der Waals surface area contributed by atoms with Crippen LogP contribution in [0.25, 0.3) is 0 Å². The predicted molar refractivity (Wildman–Crippen MR) is 135 cm³/mol. The number of rotatable bonds is 10. The fourth-order valence-corrected chi connectivity index (χ4v) is 5.59. The molecule has 0 saturated carbocycles. The third-order valence-electron chi connectivity index (χ3n) is 5.53. The van der Waals surface area contributed by atoms with Crippen LogP contribution >= 0.6 is 11.6 Å². The Kier molecular flexibility index (Phi) is 7.73. The molecular weight excluding hydrogens is 489 g/mol. The molecule has 0 spiro atoms. The minimum absolute atomic E-state index is 0.0525. The van der Waals surface area contributed by atoms with E-state index in [9.17, 15) is 12.8 Å². The summed E-state index contributed by atoms with van der Waals surface area (Å²) in [5.74, 6) is 0.0355. The van der Waals surface area contributed by atoms with E-state index in [4.69, 9.17) is 16.3 Å². The molecule has 1 aromatic heterocycles. The zero-order valence-corrected chi connectivity index (χ0v) is 20.7. The van der Waals surface area contributed by atoms with Gasteiger partial charge in [-0.1, -0.05) is 35.9 Å². The van der Waals surface area contributed by atoms with Gasteiger partial charge in [-0.05, 0) is 61.9 Å². The average Bonchev–Trinajstić information content (AvgIpc) is 3.36. The fraction of sp³-hybridized carbons (Fsp3) is 0.192. The highest BCUT2D eigenvalue weighted by molar-refractivity contribution is 7.92.